The van der Waals surface area contributed by atoms with Crippen molar-refractivity contribution >= 4 is 11.8 Å². The maximum atomic E-state index is 12.5. The number of carbonyl (C=O) groups excluding carboxylic acids is 2. The van der Waals surface area contributed by atoms with Crippen molar-refractivity contribution in [3.63, 3.8) is 0 Å². The van der Waals surface area contributed by atoms with E-state index in [1.165, 1.54) is 0 Å². The third kappa shape index (κ3) is 2.78. The zero-order valence-corrected chi connectivity index (χ0v) is 13.1. The van der Waals surface area contributed by atoms with Crippen molar-refractivity contribution in [1.29, 1.82) is 0 Å². The van der Waals surface area contributed by atoms with Crippen LogP contribution in [0.2, 0.25) is 0 Å². The number of aryl methyl sites for hydroxylation is 1. The van der Waals surface area contributed by atoms with Crippen LogP contribution in [-0.2, 0) is 9.53 Å². The molecule has 1 aromatic carbocycles. The minimum atomic E-state index is -0.501. The Labute approximate surface area is 126 Å². The number of hydrogen-bond acceptors (Lipinski definition) is 3. The minimum absolute atomic E-state index is 0.0283. The number of allylic oxidation sites excluding steroid dienone is 2. The van der Waals surface area contributed by atoms with Gasteiger partial charge in [0.05, 0.1) is 5.56 Å². The SMILES string of the molecule is Cc1ccccc1C(=O)OCC(=O)[C@@]1(C)CC=CC1(C)C. The molecule has 21 heavy (non-hydrogen) atoms. The van der Waals surface area contributed by atoms with Crippen LogP contribution < -0.4 is 0 Å². The molecular weight excluding hydrogens is 264 g/mol. The largest absolute Gasteiger partial charge is 0.454 e. The summed E-state index contributed by atoms with van der Waals surface area (Å²) in [5.41, 5.74) is 0.654. The second-order valence-corrected chi connectivity index (χ2v) is 6.47. The van der Waals surface area contributed by atoms with Gasteiger partial charge in [0.2, 0.25) is 0 Å². The summed E-state index contributed by atoms with van der Waals surface area (Å²) in [6.07, 6.45) is 4.79. The fourth-order valence-corrected chi connectivity index (χ4v) is 2.68. The molecule has 0 bridgehead atoms. The van der Waals surface area contributed by atoms with Crippen molar-refractivity contribution in [3.05, 3.63) is 47.5 Å². The smallest absolute Gasteiger partial charge is 0.338 e. The lowest BCUT2D eigenvalue weighted by atomic mass is 9.66. The molecule has 0 unspecified atom stereocenters. The summed E-state index contributed by atoms with van der Waals surface area (Å²) in [4.78, 5) is 24.5. The monoisotopic (exact) mass is 286 g/mol. The molecule has 1 aromatic rings. The van der Waals surface area contributed by atoms with Gasteiger partial charge in [0.1, 0.15) is 0 Å². The molecule has 0 fully saturated rings. The highest BCUT2D eigenvalue weighted by molar-refractivity contribution is 5.94. The first-order valence-corrected chi connectivity index (χ1v) is 7.22. The molecule has 0 saturated carbocycles. The van der Waals surface area contributed by atoms with E-state index in [-0.39, 0.29) is 17.8 Å². The van der Waals surface area contributed by atoms with E-state index in [1.807, 2.05) is 45.9 Å². The maximum absolute atomic E-state index is 12.5. The van der Waals surface area contributed by atoms with Gasteiger partial charge >= 0.3 is 5.97 Å². The molecule has 0 radical (unpaired) electrons. The number of ether oxygens (including phenoxy) is 1. The van der Waals surface area contributed by atoms with Gasteiger partial charge in [-0.3, -0.25) is 4.79 Å². The average molecular weight is 286 g/mol. The highest BCUT2D eigenvalue weighted by atomic mass is 16.5. The fourth-order valence-electron chi connectivity index (χ4n) is 2.68. The van der Waals surface area contributed by atoms with E-state index in [0.29, 0.717) is 12.0 Å². The van der Waals surface area contributed by atoms with Crippen LogP contribution in [0.25, 0.3) is 0 Å². The number of benzene rings is 1. The Morgan fingerprint density at radius 2 is 1.86 bits per heavy atom. The molecule has 0 spiro atoms. The summed E-state index contributed by atoms with van der Waals surface area (Å²) < 4.78 is 5.23. The summed E-state index contributed by atoms with van der Waals surface area (Å²) in [5.74, 6) is -0.465. The Morgan fingerprint density at radius 3 is 2.43 bits per heavy atom. The summed E-state index contributed by atoms with van der Waals surface area (Å²) in [6, 6.07) is 7.22. The normalized spacial score (nSPS) is 23.0. The Balaban J connectivity index is 2.03. The van der Waals surface area contributed by atoms with Crippen LogP contribution in [0.4, 0.5) is 0 Å². The van der Waals surface area contributed by atoms with Crippen LogP contribution in [0.5, 0.6) is 0 Å². The van der Waals surface area contributed by atoms with Gasteiger partial charge in [-0.05, 0) is 30.4 Å². The molecule has 1 atom stereocenters. The second-order valence-electron chi connectivity index (χ2n) is 6.47. The number of ketones is 1. The maximum Gasteiger partial charge on any atom is 0.338 e. The van der Waals surface area contributed by atoms with E-state index < -0.39 is 11.4 Å². The first kappa shape index (κ1) is 15.5. The van der Waals surface area contributed by atoms with Crippen molar-refractivity contribution in [1.82, 2.24) is 0 Å². The van der Waals surface area contributed by atoms with Gasteiger partial charge in [-0.1, -0.05) is 51.1 Å². The van der Waals surface area contributed by atoms with Crippen LogP contribution in [0.1, 0.15) is 43.1 Å². The summed E-state index contributed by atoms with van der Waals surface area (Å²) >= 11 is 0. The van der Waals surface area contributed by atoms with E-state index in [0.717, 1.165) is 5.56 Å². The van der Waals surface area contributed by atoms with Gasteiger partial charge in [0, 0.05) is 5.41 Å². The molecule has 3 nitrogen and oxygen atoms in total. The number of rotatable bonds is 4. The van der Waals surface area contributed by atoms with Crippen molar-refractivity contribution in [2.75, 3.05) is 6.61 Å². The molecule has 1 aliphatic carbocycles. The third-order valence-electron chi connectivity index (χ3n) is 4.80. The van der Waals surface area contributed by atoms with Crippen molar-refractivity contribution in [2.24, 2.45) is 10.8 Å². The molecular formula is C18H22O3. The molecule has 1 aliphatic rings. The van der Waals surface area contributed by atoms with E-state index in [4.69, 9.17) is 4.74 Å². The summed E-state index contributed by atoms with van der Waals surface area (Å²) in [7, 11) is 0. The first-order valence-electron chi connectivity index (χ1n) is 7.22. The molecule has 0 heterocycles. The van der Waals surface area contributed by atoms with Crippen molar-refractivity contribution in [2.45, 2.75) is 34.1 Å². The molecule has 0 aromatic heterocycles. The van der Waals surface area contributed by atoms with Crippen molar-refractivity contribution < 1.29 is 14.3 Å². The van der Waals surface area contributed by atoms with Gasteiger partial charge in [-0.15, -0.1) is 0 Å². The molecule has 112 valence electrons. The number of carbonyl (C=O) groups is 2. The Bertz CT molecular complexity index is 598. The molecule has 0 amide bonds. The lowest BCUT2D eigenvalue weighted by Gasteiger charge is -2.36. The third-order valence-corrected chi connectivity index (χ3v) is 4.80. The molecule has 2 rings (SSSR count). The van der Waals surface area contributed by atoms with E-state index in [9.17, 15) is 9.59 Å². The van der Waals surface area contributed by atoms with Gasteiger partial charge in [-0.25, -0.2) is 4.79 Å². The standard InChI is InChI=1S/C18H22O3/c1-13-8-5-6-9-14(13)16(20)21-12-15(19)18(4)11-7-10-17(18,2)3/h5-10H,11-12H2,1-4H3/t18-/m1/s1. The number of esters is 1. The predicted molar refractivity (Wildman–Crippen MR) is 82.1 cm³/mol. The zero-order valence-electron chi connectivity index (χ0n) is 13.1. The van der Waals surface area contributed by atoms with E-state index in [2.05, 4.69) is 6.08 Å². The lowest BCUT2D eigenvalue weighted by molar-refractivity contribution is -0.135. The summed E-state index contributed by atoms with van der Waals surface area (Å²) in [5, 5.41) is 0. The van der Waals surface area contributed by atoms with E-state index in [1.54, 1.807) is 12.1 Å². The van der Waals surface area contributed by atoms with Crippen LogP contribution in [0, 0.1) is 17.8 Å². The van der Waals surface area contributed by atoms with Gasteiger partial charge < -0.3 is 4.74 Å². The highest BCUT2D eigenvalue weighted by Crippen LogP contribution is 2.48. The Kier molecular flexibility index (Phi) is 4.04. The molecule has 3 heteroatoms. The van der Waals surface area contributed by atoms with E-state index >= 15 is 0 Å². The van der Waals surface area contributed by atoms with Gasteiger partial charge in [0.15, 0.2) is 12.4 Å². The van der Waals surface area contributed by atoms with Crippen LogP contribution in [0.3, 0.4) is 0 Å². The quantitative estimate of drug-likeness (QED) is 0.626. The Morgan fingerprint density at radius 1 is 1.19 bits per heavy atom. The highest BCUT2D eigenvalue weighted by Gasteiger charge is 2.47. The first-order chi connectivity index (χ1) is 9.78. The van der Waals surface area contributed by atoms with Crippen LogP contribution in [-0.4, -0.2) is 18.4 Å². The molecule has 0 saturated heterocycles. The lowest BCUT2D eigenvalue weighted by Crippen LogP contribution is -2.40. The second kappa shape index (κ2) is 5.47. The zero-order chi connectivity index (χ0) is 15.7. The van der Waals surface area contributed by atoms with Crippen LogP contribution >= 0.6 is 0 Å². The molecule has 0 aliphatic heterocycles. The number of hydrogen-bond donors (Lipinski definition) is 0. The van der Waals surface area contributed by atoms with Gasteiger partial charge in [0.25, 0.3) is 0 Å². The predicted octanol–water partition coefficient (Wildman–Crippen LogP) is 3.71. The average Bonchev–Trinajstić information content (AvgIpc) is 2.71. The number of Topliss-reactive ketones (excluding diaryl/α,β-unsaturated/α-hetero) is 1. The van der Waals surface area contributed by atoms with Crippen LogP contribution in [0.15, 0.2) is 36.4 Å². The summed E-state index contributed by atoms with van der Waals surface area (Å²) in [6.45, 7) is 7.70. The minimum Gasteiger partial charge on any atom is -0.454 e. The Hall–Kier alpha value is -1.90. The fraction of sp³-hybridized carbons (Fsp3) is 0.444. The van der Waals surface area contributed by atoms with Crippen molar-refractivity contribution in [3.8, 4) is 0 Å². The molecule has 0 N–H and O–H groups in total. The topological polar surface area (TPSA) is 43.4 Å². The van der Waals surface area contributed by atoms with Gasteiger partial charge in [-0.2, -0.15) is 0 Å².